The average Bonchev–Trinajstić information content (AvgIpc) is 2.59. The lowest BCUT2D eigenvalue weighted by atomic mass is 10.0. The SMILES string of the molecule is COCC(=O)Nc1cccc(NC(=O)N2CCCC[C@@H]2COC)c1C. The molecule has 1 heterocycles. The summed E-state index contributed by atoms with van der Waals surface area (Å²) in [6.45, 7) is 3.12. The van der Waals surface area contributed by atoms with Crippen LogP contribution in [0.15, 0.2) is 18.2 Å². The lowest BCUT2D eigenvalue weighted by molar-refractivity contribution is -0.119. The Kier molecular flexibility index (Phi) is 7.21. The number of piperidine rings is 1. The van der Waals surface area contributed by atoms with E-state index >= 15 is 0 Å². The number of rotatable bonds is 6. The maximum atomic E-state index is 12.7. The zero-order chi connectivity index (χ0) is 18.2. The van der Waals surface area contributed by atoms with Crippen molar-refractivity contribution in [2.75, 3.05) is 44.6 Å². The van der Waals surface area contributed by atoms with E-state index in [9.17, 15) is 9.59 Å². The van der Waals surface area contributed by atoms with Crippen LogP contribution in [-0.2, 0) is 14.3 Å². The quantitative estimate of drug-likeness (QED) is 0.827. The molecule has 1 aromatic carbocycles. The molecule has 1 aliphatic rings. The van der Waals surface area contributed by atoms with Crippen molar-refractivity contribution in [3.63, 3.8) is 0 Å². The number of nitrogens with one attached hydrogen (secondary N) is 2. The highest BCUT2D eigenvalue weighted by Crippen LogP contribution is 2.25. The Morgan fingerprint density at radius 3 is 2.56 bits per heavy atom. The van der Waals surface area contributed by atoms with Gasteiger partial charge in [0.25, 0.3) is 0 Å². The summed E-state index contributed by atoms with van der Waals surface area (Å²) in [7, 11) is 3.12. The van der Waals surface area contributed by atoms with E-state index in [0.29, 0.717) is 18.0 Å². The van der Waals surface area contributed by atoms with E-state index < -0.39 is 0 Å². The number of nitrogens with zero attached hydrogens (tertiary/aromatic N) is 1. The third-order valence-electron chi connectivity index (χ3n) is 4.37. The standard InChI is InChI=1S/C18H27N3O4/c1-13-15(19-17(22)12-25-3)8-6-9-16(13)20-18(23)21-10-5-4-7-14(21)11-24-2/h6,8-9,14H,4-5,7,10-12H2,1-3H3,(H,19,22)(H,20,23)/t14-/m1/s1. The zero-order valence-corrected chi connectivity index (χ0v) is 15.1. The molecule has 1 aliphatic heterocycles. The molecule has 1 fully saturated rings. The minimum atomic E-state index is -0.231. The number of carbonyl (C=O) groups excluding carboxylic acids is 2. The molecular weight excluding hydrogens is 322 g/mol. The van der Waals surface area contributed by atoms with E-state index in [2.05, 4.69) is 10.6 Å². The van der Waals surface area contributed by atoms with Gasteiger partial charge in [-0.2, -0.15) is 0 Å². The maximum Gasteiger partial charge on any atom is 0.322 e. The van der Waals surface area contributed by atoms with Crippen LogP contribution in [-0.4, -0.2) is 56.9 Å². The largest absolute Gasteiger partial charge is 0.383 e. The number of methoxy groups -OCH3 is 2. The molecule has 0 unspecified atom stereocenters. The molecule has 7 heteroatoms. The van der Waals surface area contributed by atoms with Crippen molar-refractivity contribution < 1.29 is 19.1 Å². The first-order valence-corrected chi connectivity index (χ1v) is 8.51. The van der Waals surface area contributed by atoms with E-state index in [-0.39, 0.29) is 24.6 Å². The summed E-state index contributed by atoms with van der Waals surface area (Å²) in [5.74, 6) is -0.231. The Bertz CT molecular complexity index is 604. The molecule has 2 N–H and O–H groups in total. The Morgan fingerprint density at radius 2 is 1.88 bits per heavy atom. The first-order chi connectivity index (χ1) is 12.1. The van der Waals surface area contributed by atoms with Crippen molar-refractivity contribution in [2.45, 2.75) is 32.2 Å². The minimum Gasteiger partial charge on any atom is -0.383 e. The van der Waals surface area contributed by atoms with Crippen molar-refractivity contribution >= 4 is 23.3 Å². The highest BCUT2D eigenvalue weighted by Gasteiger charge is 2.27. The second kappa shape index (κ2) is 9.39. The van der Waals surface area contributed by atoms with Crippen molar-refractivity contribution in [1.82, 2.24) is 4.90 Å². The number of ether oxygens (including phenoxy) is 2. The molecule has 0 aromatic heterocycles. The number of urea groups is 1. The lowest BCUT2D eigenvalue weighted by Gasteiger charge is -2.35. The molecule has 7 nitrogen and oxygen atoms in total. The molecule has 0 saturated carbocycles. The number of likely N-dealkylation sites (tertiary alicyclic amines) is 1. The molecule has 0 aliphatic carbocycles. The van der Waals surface area contributed by atoms with E-state index in [1.165, 1.54) is 7.11 Å². The normalized spacial score (nSPS) is 17.2. The molecular formula is C18H27N3O4. The molecule has 0 spiro atoms. The van der Waals surface area contributed by atoms with Gasteiger partial charge >= 0.3 is 6.03 Å². The summed E-state index contributed by atoms with van der Waals surface area (Å²) in [5, 5.41) is 5.75. The average molecular weight is 349 g/mol. The Morgan fingerprint density at radius 1 is 1.16 bits per heavy atom. The van der Waals surface area contributed by atoms with Gasteiger partial charge in [-0.25, -0.2) is 4.79 Å². The monoisotopic (exact) mass is 349 g/mol. The smallest absolute Gasteiger partial charge is 0.322 e. The molecule has 1 atom stereocenters. The van der Waals surface area contributed by atoms with Crippen LogP contribution >= 0.6 is 0 Å². The predicted molar refractivity (Wildman–Crippen MR) is 96.9 cm³/mol. The summed E-state index contributed by atoms with van der Waals surface area (Å²) in [5.41, 5.74) is 2.15. The van der Waals surface area contributed by atoms with Crippen molar-refractivity contribution in [1.29, 1.82) is 0 Å². The van der Waals surface area contributed by atoms with Crippen molar-refractivity contribution in [2.24, 2.45) is 0 Å². The lowest BCUT2D eigenvalue weighted by Crippen LogP contribution is -2.48. The van der Waals surface area contributed by atoms with Gasteiger partial charge in [0.1, 0.15) is 6.61 Å². The summed E-state index contributed by atoms with van der Waals surface area (Å²) in [4.78, 5) is 26.2. The molecule has 0 bridgehead atoms. The number of anilines is 2. The summed E-state index contributed by atoms with van der Waals surface area (Å²) in [6, 6.07) is 5.39. The first kappa shape index (κ1) is 19.2. The van der Waals surface area contributed by atoms with Gasteiger partial charge in [-0.15, -0.1) is 0 Å². The highest BCUT2D eigenvalue weighted by atomic mass is 16.5. The number of hydrogen-bond acceptors (Lipinski definition) is 4. The van der Waals surface area contributed by atoms with Gasteiger partial charge in [-0.3, -0.25) is 4.79 Å². The Hall–Kier alpha value is -2.12. The van der Waals surface area contributed by atoms with Gasteiger partial charge in [-0.1, -0.05) is 6.07 Å². The number of hydrogen-bond donors (Lipinski definition) is 2. The summed E-state index contributed by atoms with van der Waals surface area (Å²) in [6.07, 6.45) is 3.06. The first-order valence-electron chi connectivity index (χ1n) is 8.51. The Labute approximate surface area is 148 Å². The van der Waals surface area contributed by atoms with Gasteiger partial charge < -0.3 is 25.0 Å². The fourth-order valence-electron chi connectivity index (χ4n) is 3.04. The molecule has 3 amide bonds. The van der Waals surface area contributed by atoms with Crippen molar-refractivity contribution in [3.8, 4) is 0 Å². The van der Waals surface area contributed by atoms with Gasteiger partial charge in [0.15, 0.2) is 0 Å². The summed E-state index contributed by atoms with van der Waals surface area (Å²) >= 11 is 0. The van der Waals surface area contributed by atoms with Gasteiger partial charge in [0.05, 0.1) is 12.6 Å². The minimum absolute atomic E-state index is 0.0114. The van der Waals surface area contributed by atoms with Crippen LogP contribution in [0.5, 0.6) is 0 Å². The zero-order valence-electron chi connectivity index (χ0n) is 15.1. The van der Waals surface area contributed by atoms with Crippen LogP contribution in [0.2, 0.25) is 0 Å². The number of benzene rings is 1. The van der Waals surface area contributed by atoms with E-state index in [0.717, 1.165) is 31.4 Å². The van der Waals surface area contributed by atoms with Gasteiger partial charge in [0.2, 0.25) is 5.91 Å². The summed E-state index contributed by atoms with van der Waals surface area (Å²) < 4.78 is 10.1. The molecule has 1 saturated heterocycles. The van der Waals surface area contributed by atoms with Crippen LogP contribution in [0.25, 0.3) is 0 Å². The van der Waals surface area contributed by atoms with E-state index in [4.69, 9.17) is 9.47 Å². The molecule has 0 radical (unpaired) electrons. The second-order valence-corrected chi connectivity index (χ2v) is 6.19. The maximum absolute atomic E-state index is 12.7. The van der Waals surface area contributed by atoms with Crippen LogP contribution in [0, 0.1) is 6.92 Å². The molecule has 138 valence electrons. The van der Waals surface area contributed by atoms with Crippen LogP contribution < -0.4 is 10.6 Å². The van der Waals surface area contributed by atoms with Crippen LogP contribution in [0.4, 0.5) is 16.2 Å². The Balaban J connectivity index is 2.08. The van der Waals surface area contributed by atoms with E-state index in [1.54, 1.807) is 19.2 Å². The van der Waals surface area contributed by atoms with Crippen molar-refractivity contribution in [3.05, 3.63) is 23.8 Å². The number of amides is 3. The second-order valence-electron chi connectivity index (χ2n) is 6.19. The third kappa shape index (κ3) is 5.17. The predicted octanol–water partition coefficient (Wildman–Crippen LogP) is 2.61. The molecule has 1 aromatic rings. The fraction of sp³-hybridized carbons (Fsp3) is 0.556. The van der Waals surface area contributed by atoms with E-state index in [1.807, 2.05) is 17.9 Å². The molecule has 25 heavy (non-hydrogen) atoms. The van der Waals surface area contributed by atoms with Crippen LogP contribution in [0.3, 0.4) is 0 Å². The number of carbonyl (C=O) groups is 2. The highest BCUT2D eigenvalue weighted by molar-refractivity contribution is 5.95. The van der Waals surface area contributed by atoms with Gasteiger partial charge in [-0.05, 0) is 43.9 Å². The van der Waals surface area contributed by atoms with Gasteiger partial charge in [0, 0.05) is 32.1 Å². The van der Waals surface area contributed by atoms with Crippen LogP contribution in [0.1, 0.15) is 24.8 Å². The molecule has 2 rings (SSSR count). The third-order valence-corrected chi connectivity index (χ3v) is 4.37. The topological polar surface area (TPSA) is 79.9 Å². The fourth-order valence-corrected chi connectivity index (χ4v) is 3.04.